The number of aromatic nitrogens is 5. The van der Waals surface area contributed by atoms with E-state index >= 15 is 0 Å². The van der Waals surface area contributed by atoms with Crippen molar-refractivity contribution >= 4 is 16.8 Å². The highest BCUT2D eigenvalue weighted by Gasteiger charge is 2.16. The number of amides is 1. The lowest BCUT2D eigenvalue weighted by Crippen LogP contribution is -2.26. The molecule has 3 heterocycles. The van der Waals surface area contributed by atoms with Gasteiger partial charge in [-0.05, 0) is 38.5 Å². The van der Waals surface area contributed by atoms with Crippen molar-refractivity contribution < 1.29 is 4.79 Å². The Hall–Kier alpha value is -3.48. The van der Waals surface area contributed by atoms with Crippen molar-refractivity contribution in [1.29, 1.82) is 0 Å². The summed E-state index contributed by atoms with van der Waals surface area (Å²) in [7, 11) is 1.88. The van der Waals surface area contributed by atoms with Crippen molar-refractivity contribution in [1.82, 2.24) is 29.9 Å². The van der Waals surface area contributed by atoms with Crippen LogP contribution in [0.5, 0.6) is 0 Å². The number of pyridine rings is 1. The molecule has 4 aromatic rings. The Labute approximate surface area is 169 Å². The molecule has 3 aromatic heterocycles. The molecule has 1 amide bonds. The van der Waals surface area contributed by atoms with E-state index in [0.29, 0.717) is 12.1 Å². The van der Waals surface area contributed by atoms with E-state index in [9.17, 15) is 4.79 Å². The summed E-state index contributed by atoms with van der Waals surface area (Å²) in [6, 6.07) is 11.6. The molecule has 0 bridgehead atoms. The van der Waals surface area contributed by atoms with Gasteiger partial charge in [0.2, 0.25) is 0 Å². The number of aryl methyl sites for hydroxylation is 4. The van der Waals surface area contributed by atoms with Gasteiger partial charge in [0.05, 0.1) is 22.5 Å². The van der Waals surface area contributed by atoms with Crippen LogP contribution in [0.2, 0.25) is 0 Å². The van der Waals surface area contributed by atoms with E-state index in [1.807, 2.05) is 68.2 Å². The van der Waals surface area contributed by atoms with Crippen molar-refractivity contribution in [2.24, 2.45) is 7.05 Å². The second-order valence-electron chi connectivity index (χ2n) is 7.18. The first-order valence-corrected chi connectivity index (χ1v) is 9.70. The van der Waals surface area contributed by atoms with Crippen LogP contribution in [0.3, 0.4) is 0 Å². The minimum atomic E-state index is -0.0939. The molecule has 0 aliphatic heterocycles. The third-order valence-electron chi connectivity index (χ3n) is 5.01. The summed E-state index contributed by atoms with van der Waals surface area (Å²) in [4.78, 5) is 17.7. The summed E-state index contributed by atoms with van der Waals surface area (Å²) < 4.78 is 3.70. The number of nitrogens with one attached hydrogen (secondary N) is 1. The minimum absolute atomic E-state index is 0.0939. The van der Waals surface area contributed by atoms with Crippen LogP contribution in [0.15, 0.2) is 48.8 Å². The molecule has 0 saturated heterocycles. The SMILES string of the molecule is Cc1nn(C)cc1-c1cc(C(=O)NCCCn2nccc2C)c2ccccc2n1. The first kappa shape index (κ1) is 18.9. The summed E-state index contributed by atoms with van der Waals surface area (Å²) >= 11 is 0. The van der Waals surface area contributed by atoms with Crippen LogP contribution in [0.1, 0.15) is 28.2 Å². The topological polar surface area (TPSA) is 77.6 Å². The van der Waals surface area contributed by atoms with Gasteiger partial charge in [-0.25, -0.2) is 4.98 Å². The Morgan fingerprint density at radius 2 is 2.00 bits per heavy atom. The van der Waals surface area contributed by atoms with Gasteiger partial charge in [-0.15, -0.1) is 0 Å². The predicted octanol–water partition coefficient (Wildman–Crippen LogP) is 3.27. The van der Waals surface area contributed by atoms with E-state index in [1.165, 1.54) is 0 Å². The molecule has 0 radical (unpaired) electrons. The first-order valence-electron chi connectivity index (χ1n) is 9.70. The van der Waals surface area contributed by atoms with Crippen molar-refractivity contribution in [3.63, 3.8) is 0 Å². The predicted molar refractivity (Wildman–Crippen MR) is 113 cm³/mol. The fraction of sp³-hybridized carbons (Fsp3) is 0.273. The largest absolute Gasteiger partial charge is 0.352 e. The Morgan fingerprint density at radius 1 is 1.17 bits per heavy atom. The Bertz CT molecular complexity index is 1170. The normalized spacial score (nSPS) is 11.1. The third-order valence-corrected chi connectivity index (χ3v) is 5.01. The van der Waals surface area contributed by atoms with Gasteiger partial charge < -0.3 is 5.32 Å². The van der Waals surface area contributed by atoms with Crippen LogP contribution in [0.4, 0.5) is 0 Å². The van der Waals surface area contributed by atoms with Crippen LogP contribution >= 0.6 is 0 Å². The number of fused-ring (bicyclic) bond motifs is 1. The molecule has 7 nitrogen and oxygen atoms in total. The van der Waals surface area contributed by atoms with Gasteiger partial charge >= 0.3 is 0 Å². The molecule has 0 saturated carbocycles. The van der Waals surface area contributed by atoms with Crippen LogP contribution in [-0.2, 0) is 13.6 Å². The number of nitrogens with zero attached hydrogens (tertiary/aromatic N) is 5. The molecule has 1 aromatic carbocycles. The van der Waals surface area contributed by atoms with Crippen LogP contribution in [0.25, 0.3) is 22.2 Å². The Kier molecular flexibility index (Phi) is 5.12. The number of carbonyl (C=O) groups excluding carboxylic acids is 1. The van der Waals surface area contributed by atoms with E-state index in [0.717, 1.165) is 46.5 Å². The van der Waals surface area contributed by atoms with Gasteiger partial charge in [-0.3, -0.25) is 14.2 Å². The molecule has 0 spiro atoms. The molecule has 0 aliphatic rings. The van der Waals surface area contributed by atoms with Crippen LogP contribution in [0, 0.1) is 13.8 Å². The fourth-order valence-corrected chi connectivity index (χ4v) is 3.51. The quantitative estimate of drug-likeness (QED) is 0.514. The molecule has 0 unspecified atom stereocenters. The van der Waals surface area contributed by atoms with Crippen LogP contribution in [-0.4, -0.2) is 37.0 Å². The number of carbonyl (C=O) groups is 1. The third kappa shape index (κ3) is 3.89. The molecular weight excluding hydrogens is 364 g/mol. The van der Waals surface area contributed by atoms with E-state index in [1.54, 1.807) is 10.9 Å². The molecule has 1 N–H and O–H groups in total. The van der Waals surface area contributed by atoms with E-state index < -0.39 is 0 Å². The second-order valence-corrected chi connectivity index (χ2v) is 7.18. The van der Waals surface area contributed by atoms with Crippen molar-refractivity contribution in [3.8, 4) is 11.3 Å². The number of para-hydroxylation sites is 1. The van der Waals surface area contributed by atoms with Crippen molar-refractivity contribution in [2.45, 2.75) is 26.8 Å². The summed E-state index contributed by atoms with van der Waals surface area (Å²) in [5, 5.41) is 12.6. The van der Waals surface area contributed by atoms with E-state index in [-0.39, 0.29) is 5.91 Å². The number of hydrogen-bond acceptors (Lipinski definition) is 4. The van der Waals surface area contributed by atoms with Crippen molar-refractivity contribution in [2.75, 3.05) is 6.54 Å². The smallest absolute Gasteiger partial charge is 0.252 e. The number of hydrogen-bond donors (Lipinski definition) is 1. The van der Waals surface area contributed by atoms with Gasteiger partial charge in [-0.1, -0.05) is 18.2 Å². The molecule has 29 heavy (non-hydrogen) atoms. The number of benzene rings is 1. The number of rotatable bonds is 6. The molecule has 0 fully saturated rings. The molecule has 0 aliphatic carbocycles. The van der Waals surface area contributed by atoms with Crippen LogP contribution < -0.4 is 5.32 Å². The van der Waals surface area contributed by atoms with Crippen molar-refractivity contribution in [3.05, 3.63) is 65.7 Å². The standard InChI is InChI=1S/C22H24N6O/c1-15-9-11-24-28(15)12-6-10-23-22(29)18-13-21(19-14-27(3)26-16(19)2)25-20-8-5-4-7-17(18)20/h4-5,7-9,11,13-14H,6,10,12H2,1-3H3,(H,23,29). The Balaban J connectivity index is 1.57. The molecule has 7 heteroatoms. The molecular formula is C22H24N6O. The first-order chi connectivity index (χ1) is 14.0. The average molecular weight is 388 g/mol. The van der Waals surface area contributed by atoms with Gasteiger partial charge in [0, 0.05) is 49.2 Å². The zero-order chi connectivity index (χ0) is 20.4. The van der Waals surface area contributed by atoms with Gasteiger partial charge in [0.25, 0.3) is 5.91 Å². The molecule has 4 rings (SSSR count). The second kappa shape index (κ2) is 7.87. The lowest BCUT2D eigenvalue weighted by molar-refractivity contribution is 0.0954. The summed E-state index contributed by atoms with van der Waals surface area (Å²) in [5.41, 5.74) is 5.12. The summed E-state index contributed by atoms with van der Waals surface area (Å²) in [6.45, 7) is 5.33. The lowest BCUT2D eigenvalue weighted by atomic mass is 10.0. The highest BCUT2D eigenvalue weighted by Crippen LogP contribution is 2.26. The molecule has 148 valence electrons. The maximum atomic E-state index is 13.0. The molecule has 0 atom stereocenters. The zero-order valence-electron chi connectivity index (χ0n) is 16.9. The summed E-state index contributed by atoms with van der Waals surface area (Å²) in [6.07, 6.45) is 4.53. The average Bonchev–Trinajstić information content (AvgIpc) is 3.28. The van der Waals surface area contributed by atoms with E-state index in [2.05, 4.69) is 15.5 Å². The van der Waals surface area contributed by atoms with Gasteiger partial charge in [0.1, 0.15) is 0 Å². The van der Waals surface area contributed by atoms with E-state index in [4.69, 9.17) is 4.98 Å². The monoisotopic (exact) mass is 388 g/mol. The lowest BCUT2D eigenvalue weighted by Gasteiger charge is -2.11. The highest BCUT2D eigenvalue weighted by molar-refractivity contribution is 6.07. The fourth-order valence-electron chi connectivity index (χ4n) is 3.51. The Morgan fingerprint density at radius 3 is 2.72 bits per heavy atom. The maximum Gasteiger partial charge on any atom is 0.252 e. The maximum absolute atomic E-state index is 13.0. The summed E-state index contributed by atoms with van der Waals surface area (Å²) in [5.74, 6) is -0.0939. The highest BCUT2D eigenvalue weighted by atomic mass is 16.1. The van der Waals surface area contributed by atoms with Gasteiger partial charge in [-0.2, -0.15) is 10.2 Å². The minimum Gasteiger partial charge on any atom is -0.352 e. The van der Waals surface area contributed by atoms with Gasteiger partial charge in [0.15, 0.2) is 0 Å². The zero-order valence-corrected chi connectivity index (χ0v) is 16.9.